The van der Waals surface area contributed by atoms with Crippen LogP contribution in [-0.2, 0) is 13.1 Å². The van der Waals surface area contributed by atoms with Crippen molar-refractivity contribution in [1.29, 1.82) is 0 Å². The van der Waals surface area contributed by atoms with Crippen molar-refractivity contribution < 1.29 is 0 Å². The van der Waals surface area contributed by atoms with Gasteiger partial charge in [-0.15, -0.1) is 0 Å². The minimum Gasteiger partial charge on any atom is -0.327 e. The van der Waals surface area contributed by atoms with Gasteiger partial charge in [-0.25, -0.2) is 4.98 Å². The summed E-state index contributed by atoms with van der Waals surface area (Å²) in [6.45, 7) is 5.19. The summed E-state index contributed by atoms with van der Waals surface area (Å²) in [5.74, 6) is 2.38. The molecule has 0 saturated heterocycles. The van der Waals surface area contributed by atoms with Gasteiger partial charge in [-0.3, -0.25) is 0 Å². The Morgan fingerprint density at radius 3 is 2.95 bits per heavy atom. The number of benzene rings is 1. The number of hydrogen-bond acceptors (Lipinski definition) is 3. The Hall–Kier alpha value is -1.00. The highest BCUT2D eigenvalue weighted by molar-refractivity contribution is 7.98. The predicted octanol–water partition coefficient (Wildman–Crippen LogP) is 3.29. The molecule has 2 rings (SSSR count). The Bertz CT molecular complexity index is 507. The van der Waals surface area contributed by atoms with Gasteiger partial charge in [0, 0.05) is 6.54 Å². The summed E-state index contributed by atoms with van der Waals surface area (Å²) in [7, 11) is 0. The van der Waals surface area contributed by atoms with E-state index in [1.54, 1.807) is 0 Å². The molecule has 0 aliphatic heterocycles. The molecule has 0 aliphatic carbocycles. The number of nitrogens with one attached hydrogen (secondary N) is 1. The lowest BCUT2D eigenvalue weighted by atomic mass is 10.3. The van der Waals surface area contributed by atoms with Crippen molar-refractivity contribution >= 4 is 22.8 Å². The summed E-state index contributed by atoms with van der Waals surface area (Å²) < 4.78 is 2.34. The highest BCUT2D eigenvalue weighted by Gasteiger charge is 2.08. The van der Waals surface area contributed by atoms with Crippen LogP contribution in [0, 0.1) is 0 Å². The standard InChI is InChI=1S/C15H23N3S/c1-3-10-18-14-8-5-4-7-13(14)17-15(18)12-16-9-6-11-19-2/h4-5,7-8,16H,3,6,9-12H2,1-2H3. The van der Waals surface area contributed by atoms with Crippen LogP contribution < -0.4 is 5.32 Å². The molecule has 0 unspecified atom stereocenters. The maximum absolute atomic E-state index is 4.74. The molecular formula is C15H23N3S. The first-order chi connectivity index (χ1) is 9.36. The molecular weight excluding hydrogens is 254 g/mol. The first-order valence-electron chi connectivity index (χ1n) is 7.00. The van der Waals surface area contributed by atoms with Crippen molar-refractivity contribution in [2.75, 3.05) is 18.6 Å². The van der Waals surface area contributed by atoms with Gasteiger partial charge in [0.2, 0.25) is 0 Å². The van der Waals surface area contributed by atoms with Crippen molar-refractivity contribution in [3.63, 3.8) is 0 Å². The van der Waals surface area contributed by atoms with E-state index in [9.17, 15) is 0 Å². The number of para-hydroxylation sites is 2. The highest BCUT2D eigenvalue weighted by Crippen LogP contribution is 2.16. The summed E-state index contributed by atoms with van der Waals surface area (Å²) in [6.07, 6.45) is 4.51. The van der Waals surface area contributed by atoms with Crippen LogP contribution in [0.2, 0.25) is 0 Å². The summed E-state index contributed by atoms with van der Waals surface area (Å²) in [4.78, 5) is 4.74. The molecule has 0 bridgehead atoms. The van der Waals surface area contributed by atoms with Crippen LogP contribution in [0.15, 0.2) is 24.3 Å². The van der Waals surface area contributed by atoms with E-state index in [1.807, 2.05) is 11.8 Å². The first kappa shape index (κ1) is 14.4. The maximum Gasteiger partial charge on any atom is 0.123 e. The van der Waals surface area contributed by atoms with Gasteiger partial charge in [-0.1, -0.05) is 19.1 Å². The third kappa shape index (κ3) is 3.74. The predicted molar refractivity (Wildman–Crippen MR) is 84.7 cm³/mol. The zero-order valence-corrected chi connectivity index (χ0v) is 12.7. The quantitative estimate of drug-likeness (QED) is 0.751. The van der Waals surface area contributed by atoms with Crippen LogP contribution in [0.5, 0.6) is 0 Å². The van der Waals surface area contributed by atoms with E-state index in [1.165, 1.54) is 17.7 Å². The molecule has 0 aliphatic rings. The molecule has 0 atom stereocenters. The average Bonchev–Trinajstić information content (AvgIpc) is 2.78. The molecule has 0 fully saturated rings. The largest absolute Gasteiger partial charge is 0.327 e. The third-order valence-electron chi connectivity index (χ3n) is 3.17. The van der Waals surface area contributed by atoms with Gasteiger partial charge in [0.25, 0.3) is 0 Å². The smallest absolute Gasteiger partial charge is 0.123 e. The maximum atomic E-state index is 4.74. The van der Waals surface area contributed by atoms with Crippen LogP contribution in [-0.4, -0.2) is 28.1 Å². The molecule has 3 nitrogen and oxygen atoms in total. The highest BCUT2D eigenvalue weighted by atomic mass is 32.2. The molecule has 0 radical (unpaired) electrons. The summed E-state index contributed by atoms with van der Waals surface area (Å²) in [6, 6.07) is 8.40. The molecule has 1 N–H and O–H groups in total. The minimum absolute atomic E-state index is 0.864. The number of nitrogens with zero attached hydrogens (tertiary/aromatic N) is 2. The molecule has 2 aromatic rings. The number of aryl methyl sites for hydroxylation is 1. The van der Waals surface area contributed by atoms with Crippen LogP contribution in [0.1, 0.15) is 25.6 Å². The number of imidazole rings is 1. The Morgan fingerprint density at radius 1 is 1.32 bits per heavy atom. The SMILES string of the molecule is CCCn1c(CNCCCSC)nc2ccccc21. The Balaban J connectivity index is 2.06. The summed E-state index contributed by atoms with van der Waals surface area (Å²) >= 11 is 1.90. The fourth-order valence-electron chi connectivity index (χ4n) is 2.28. The first-order valence-corrected chi connectivity index (χ1v) is 8.40. The van der Waals surface area contributed by atoms with E-state index in [2.05, 4.69) is 47.3 Å². The normalized spacial score (nSPS) is 11.3. The van der Waals surface area contributed by atoms with Crippen molar-refractivity contribution in [1.82, 2.24) is 14.9 Å². The number of thioether (sulfide) groups is 1. The van der Waals surface area contributed by atoms with Gasteiger partial charge in [0.15, 0.2) is 0 Å². The Kier molecular flexibility index (Phi) is 5.73. The van der Waals surface area contributed by atoms with Gasteiger partial charge in [0.1, 0.15) is 5.82 Å². The second-order valence-corrected chi connectivity index (χ2v) is 5.68. The van der Waals surface area contributed by atoms with Gasteiger partial charge in [-0.2, -0.15) is 11.8 Å². The zero-order valence-electron chi connectivity index (χ0n) is 11.9. The van der Waals surface area contributed by atoms with E-state index < -0.39 is 0 Å². The topological polar surface area (TPSA) is 29.9 Å². The number of fused-ring (bicyclic) bond motifs is 1. The number of rotatable bonds is 8. The molecule has 1 heterocycles. The van der Waals surface area contributed by atoms with Gasteiger partial charge < -0.3 is 9.88 Å². The van der Waals surface area contributed by atoms with Crippen LogP contribution in [0.4, 0.5) is 0 Å². The van der Waals surface area contributed by atoms with E-state index in [-0.39, 0.29) is 0 Å². The zero-order chi connectivity index (χ0) is 13.5. The molecule has 19 heavy (non-hydrogen) atoms. The molecule has 0 amide bonds. The lowest BCUT2D eigenvalue weighted by Gasteiger charge is -2.08. The van der Waals surface area contributed by atoms with E-state index in [0.717, 1.165) is 37.4 Å². The molecule has 0 saturated carbocycles. The van der Waals surface area contributed by atoms with Crippen LogP contribution in [0.25, 0.3) is 11.0 Å². The number of aromatic nitrogens is 2. The molecule has 1 aromatic carbocycles. The molecule has 104 valence electrons. The van der Waals surface area contributed by atoms with Crippen molar-refractivity contribution in [2.45, 2.75) is 32.9 Å². The second kappa shape index (κ2) is 7.56. The average molecular weight is 277 g/mol. The van der Waals surface area contributed by atoms with E-state index in [0.29, 0.717) is 0 Å². The number of hydrogen-bond donors (Lipinski definition) is 1. The van der Waals surface area contributed by atoms with Crippen LogP contribution >= 0.6 is 11.8 Å². The van der Waals surface area contributed by atoms with E-state index in [4.69, 9.17) is 4.98 Å². The minimum atomic E-state index is 0.864. The van der Waals surface area contributed by atoms with Crippen molar-refractivity contribution in [3.05, 3.63) is 30.1 Å². The molecule has 1 aromatic heterocycles. The fraction of sp³-hybridized carbons (Fsp3) is 0.533. The van der Waals surface area contributed by atoms with Gasteiger partial charge in [0.05, 0.1) is 17.6 Å². The third-order valence-corrected chi connectivity index (χ3v) is 3.86. The Labute approximate surface area is 119 Å². The van der Waals surface area contributed by atoms with Crippen molar-refractivity contribution in [3.8, 4) is 0 Å². The lowest BCUT2D eigenvalue weighted by Crippen LogP contribution is -2.18. The second-order valence-electron chi connectivity index (χ2n) is 4.69. The molecule has 0 spiro atoms. The van der Waals surface area contributed by atoms with E-state index >= 15 is 0 Å². The monoisotopic (exact) mass is 277 g/mol. The fourth-order valence-corrected chi connectivity index (χ4v) is 2.71. The van der Waals surface area contributed by atoms with Crippen molar-refractivity contribution in [2.24, 2.45) is 0 Å². The van der Waals surface area contributed by atoms with Gasteiger partial charge >= 0.3 is 0 Å². The van der Waals surface area contributed by atoms with Crippen LogP contribution in [0.3, 0.4) is 0 Å². The Morgan fingerprint density at radius 2 is 2.16 bits per heavy atom. The summed E-state index contributed by atoms with van der Waals surface area (Å²) in [5, 5.41) is 3.50. The van der Waals surface area contributed by atoms with Gasteiger partial charge in [-0.05, 0) is 43.5 Å². The lowest BCUT2D eigenvalue weighted by molar-refractivity contribution is 0.596. The summed E-state index contributed by atoms with van der Waals surface area (Å²) in [5.41, 5.74) is 2.36. The molecule has 4 heteroatoms.